The Morgan fingerprint density at radius 2 is 2.00 bits per heavy atom. The molecule has 1 aromatic carbocycles. The van der Waals surface area contributed by atoms with Crippen molar-refractivity contribution in [1.29, 1.82) is 0 Å². The number of hydrazine groups is 1. The summed E-state index contributed by atoms with van der Waals surface area (Å²) in [5, 5.41) is 23.6. The lowest BCUT2D eigenvalue weighted by molar-refractivity contribution is -0.136. The fraction of sp³-hybridized carbons (Fsp3) is 0.393. The van der Waals surface area contributed by atoms with Crippen molar-refractivity contribution in [2.75, 3.05) is 31.6 Å². The van der Waals surface area contributed by atoms with Crippen LogP contribution in [0.4, 0.5) is 14.5 Å². The molecule has 1 aliphatic carbocycles. The van der Waals surface area contributed by atoms with E-state index in [1.165, 1.54) is 4.90 Å². The number of hydrogen-bond acceptors (Lipinski definition) is 9. The maximum absolute atomic E-state index is 16.0. The first-order valence-corrected chi connectivity index (χ1v) is 14.1. The minimum Gasteiger partial charge on any atom is -0.493 e. The highest BCUT2D eigenvalue weighted by atomic mass is 32.1. The highest BCUT2D eigenvalue weighted by Crippen LogP contribution is 2.41. The van der Waals surface area contributed by atoms with Gasteiger partial charge in [-0.3, -0.25) is 25.1 Å². The molecular weight excluding hydrogens is 584 g/mol. The van der Waals surface area contributed by atoms with Gasteiger partial charge in [0, 0.05) is 49.0 Å². The first kappa shape index (κ1) is 30.1. The molecule has 4 N–H and O–H groups in total. The number of nitrogens with one attached hydrogen (secondary N) is 2. The molecular formula is C28H31F2N7O5S. The number of aliphatic carboxylic acids is 1. The van der Waals surface area contributed by atoms with E-state index in [-0.39, 0.29) is 49.0 Å². The van der Waals surface area contributed by atoms with Crippen molar-refractivity contribution in [2.45, 2.75) is 39.5 Å². The van der Waals surface area contributed by atoms with Crippen LogP contribution in [0.5, 0.6) is 5.88 Å². The van der Waals surface area contributed by atoms with Crippen LogP contribution in [0, 0.1) is 17.7 Å². The molecule has 3 unspecified atom stereocenters. The fourth-order valence-corrected chi connectivity index (χ4v) is 6.05. The number of carboxylic acids is 1. The predicted octanol–water partition coefficient (Wildman–Crippen LogP) is 3.49. The topological polar surface area (TPSA) is 143 Å². The van der Waals surface area contributed by atoms with Crippen molar-refractivity contribution in [1.82, 2.24) is 24.7 Å². The predicted molar refractivity (Wildman–Crippen MR) is 159 cm³/mol. The van der Waals surface area contributed by atoms with Crippen LogP contribution in [0.2, 0.25) is 0 Å². The van der Waals surface area contributed by atoms with Gasteiger partial charge in [-0.25, -0.2) is 13.6 Å². The Bertz CT molecular complexity index is 1620. The van der Waals surface area contributed by atoms with Crippen LogP contribution in [-0.2, 0) is 16.3 Å². The van der Waals surface area contributed by atoms with E-state index < -0.39 is 40.9 Å². The van der Waals surface area contributed by atoms with Gasteiger partial charge in [0.2, 0.25) is 5.88 Å². The number of anilines is 1. The average Bonchev–Trinajstić information content (AvgIpc) is 3.22. The number of carboxylic acid groups (broad SMARTS) is 1. The molecule has 1 saturated heterocycles. The lowest BCUT2D eigenvalue weighted by Crippen LogP contribution is -2.53. The molecule has 3 heterocycles. The highest BCUT2D eigenvalue weighted by molar-refractivity contribution is 7.80. The number of likely N-dealkylation sites (N-methyl/N-ethyl adjacent to an activating group) is 1. The van der Waals surface area contributed by atoms with Crippen LogP contribution in [0.25, 0.3) is 10.9 Å². The molecule has 12 nitrogen and oxygen atoms in total. The van der Waals surface area contributed by atoms with Crippen molar-refractivity contribution < 1.29 is 28.6 Å². The molecule has 0 spiro atoms. The normalized spacial score (nSPS) is 22.7. The number of aromatic hydroxyl groups is 1. The van der Waals surface area contributed by atoms with Gasteiger partial charge in [-0.15, -0.1) is 4.91 Å². The number of nitrogens with zero attached hydrogens (tertiary/aromatic N) is 5. The van der Waals surface area contributed by atoms with Gasteiger partial charge < -0.3 is 20.0 Å². The number of piperazine rings is 1. The third-order valence-corrected chi connectivity index (χ3v) is 8.34. The summed E-state index contributed by atoms with van der Waals surface area (Å²) in [6.07, 6.45) is 2.17. The lowest BCUT2D eigenvalue weighted by atomic mass is 9.82. The molecule has 2 aliphatic heterocycles. The maximum atomic E-state index is 16.0. The van der Waals surface area contributed by atoms with Gasteiger partial charge in [0.05, 0.1) is 24.1 Å². The van der Waals surface area contributed by atoms with Crippen LogP contribution in [0.1, 0.15) is 19.4 Å². The largest absolute Gasteiger partial charge is 0.493 e. The number of Topliss-reactive ketones (excluding diaryl/α,β-unsaturated/α-hetero) is 1. The van der Waals surface area contributed by atoms with Gasteiger partial charge in [0.15, 0.2) is 5.78 Å². The molecule has 0 saturated carbocycles. The van der Waals surface area contributed by atoms with Crippen LogP contribution in [0.3, 0.4) is 0 Å². The fourth-order valence-electron chi connectivity index (χ4n) is 6.00. The van der Waals surface area contributed by atoms with Crippen molar-refractivity contribution >= 4 is 45.7 Å². The standard InChI is InChI=1S/C28H31F2N7O5S/c1-4-34-12-18(27(40)41)25(38)17-10-19(29)24(21(30)23(17)34)35-7-8-36(15(3)11-35)13-37-20-6-5-14(2)9-16(20)22(26(37)39)31-32-28(43)33-42/h5-6,9-10,12,15,17,23,31,39H,4,7-8,11,13H2,1-3H3,(H,32,43)(H,40,41). The second-order valence-electron chi connectivity index (χ2n) is 10.8. The third kappa shape index (κ3) is 5.33. The zero-order valence-electron chi connectivity index (χ0n) is 23.7. The zero-order chi connectivity index (χ0) is 31.2. The van der Waals surface area contributed by atoms with E-state index in [1.54, 1.807) is 16.4 Å². The van der Waals surface area contributed by atoms with Gasteiger partial charge in [-0.1, -0.05) is 11.6 Å². The van der Waals surface area contributed by atoms with Crippen LogP contribution in [0.15, 0.2) is 58.6 Å². The van der Waals surface area contributed by atoms with Crippen LogP contribution >= 0.6 is 12.2 Å². The Morgan fingerprint density at radius 3 is 2.65 bits per heavy atom. The SMILES string of the molecule is CCN1C=C(C(=O)O)C(=O)C2C=C(F)C(N3CCN(Cn4c(O)c(NNC(=S)N=O)c5cc(C)ccc54)C(C)C3)=C(F)C21. The molecule has 228 valence electrons. The van der Waals surface area contributed by atoms with E-state index in [4.69, 9.17) is 12.2 Å². The number of thiocarbonyl (C=S) groups is 1. The molecule has 3 aliphatic rings. The van der Waals surface area contributed by atoms with Crippen molar-refractivity contribution in [2.24, 2.45) is 11.1 Å². The summed E-state index contributed by atoms with van der Waals surface area (Å²) in [5.74, 6) is -5.35. The van der Waals surface area contributed by atoms with Gasteiger partial charge in [0.1, 0.15) is 28.6 Å². The van der Waals surface area contributed by atoms with E-state index in [0.717, 1.165) is 17.8 Å². The molecule has 15 heteroatoms. The molecule has 5 rings (SSSR count). The van der Waals surface area contributed by atoms with Crippen molar-refractivity contribution in [3.63, 3.8) is 0 Å². The summed E-state index contributed by atoms with van der Waals surface area (Å²) < 4.78 is 33.2. The minimum atomic E-state index is -1.44. The Kier molecular flexibility index (Phi) is 8.21. The monoisotopic (exact) mass is 615 g/mol. The summed E-state index contributed by atoms with van der Waals surface area (Å²) >= 11 is 4.79. The molecule has 0 radical (unpaired) electrons. The second kappa shape index (κ2) is 11.7. The van der Waals surface area contributed by atoms with Gasteiger partial charge >= 0.3 is 5.97 Å². The Labute approximate surface area is 250 Å². The number of carbonyl (C=O) groups is 2. The Balaban J connectivity index is 1.39. The summed E-state index contributed by atoms with van der Waals surface area (Å²) in [7, 11) is 0. The molecule has 43 heavy (non-hydrogen) atoms. The number of aromatic nitrogens is 1. The number of aryl methyl sites for hydroxylation is 1. The van der Waals surface area contributed by atoms with Crippen molar-refractivity contribution in [3.05, 3.63) is 63.9 Å². The molecule has 1 fully saturated rings. The molecule has 2 aromatic rings. The van der Waals surface area contributed by atoms with E-state index in [0.29, 0.717) is 23.1 Å². The molecule has 0 bridgehead atoms. The number of rotatable bonds is 7. The smallest absolute Gasteiger partial charge is 0.340 e. The van der Waals surface area contributed by atoms with Crippen LogP contribution < -0.4 is 10.9 Å². The lowest BCUT2D eigenvalue weighted by Gasteiger charge is -2.45. The highest BCUT2D eigenvalue weighted by Gasteiger charge is 2.46. The number of nitroso groups, excluding NO2 is 1. The number of fused-ring (bicyclic) bond motifs is 2. The summed E-state index contributed by atoms with van der Waals surface area (Å²) in [6, 6.07) is 4.30. The summed E-state index contributed by atoms with van der Waals surface area (Å²) in [4.78, 5) is 40.1. The van der Waals surface area contributed by atoms with Crippen LogP contribution in [-0.4, -0.2) is 84.6 Å². The molecule has 1 aromatic heterocycles. The zero-order valence-corrected chi connectivity index (χ0v) is 24.5. The number of halogens is 2. The van der Waals surface area contributed by atoms with Gasteiger partial charge in [-0.2, -0.15) is 0 Å². The van der Waals surface area contributed by atoms with E-state index in [2.05, 4.69) is 20.9 Å². The number of hydrogen-bond donors (Lipinski definition) is 4. The van der Waals surface area contributed by atoms with E-state index in [9.17, 15) is 24.7 Å². The third-order valence-electron chi connectivity index (χ3n) is 8.17. The van der Waals surface area contributed by atoms with Gasteiger partial charge in [-0.05, 0) is 51.2 Å². The Hall–Kier alpha value is -4.37. The first-order chi connectivity index (χ1) is 20.5. The summed E-state index contributed by atoms with van der Waals surface area (Å²) in [6.45, 7) is 6.90. The summed E-state index contributed by atoms with van der Waals surface area (Å²) in [5.41, 5.74) is 6.49. The quantitative estimate of drug-likeness (QED) is 0.157. The average molecular weight is 616 g/mol. The number of benzene rings is 1. The van der Waals surface area contributed by atoms with E-state index in [1.807, 2.05) is 32.0 Å². The maximum Gasteiger partial charge on any atom is 0.340 e. The first-order valence-electron chi connectivity index (χ1n) is 13.7. The number of allylic oxidation sites excluding steroid dienone is 1. The van der Waals surface area contributed by atoms with E-state index >= 15 is 8.78 Å². The minimum absolute atomic E-state index is 0.104. The second-order valence-corrected chi connectivity index (χ2v) is 11.2. The number of ketones is 1. The molecule has 3 atom stereocenters. The molecule has 0 amide bonds. The van der Waals surface area contributed by atoms with Gasteiger partial charge in [0.25, 0.3) is 5.11 Å². The number of carbonyl (C=O) groups excluding carboxylic acids is 1. The Morgan fingerprint density at radius 1 is 1.26 bits per heavy atom. The van der Waals surface area contributed by atoms with Crippen molar-refractivity contribution in [3.8, 4) is 5.88 Å².